The molecular formula is C23H25N3O3S2. The second-order valence-corrected chi connectivity index (χ2v) is 9.63. The van der Waals surface area contributed by atoms with E-state index in [-0.39, 0.29) is 29.4 Å². The Morgan fingerprint density at radius 3 is 2.68 bits per heavy atom. The predicted octanol–water partition coefficient (Wildman–Crippen LogP) is 4.04. The minimum absolute atomic E-state index is 0.0216. The zero-order valence-corrected chi connectivity index (χ0v) is 19.2. The SMILES string of the molecule is C=CCn1c(SCC(=O)N2CC(C)OC(C)C2)nc2cc(-c3ccccc3)sc2c1=O. The Bertz CT molecular complexity index is 1150. The van der Waals surface area contributed by atoms with Crippen molar-refractivity contribution < 1.29 is 9.53 Å². The minimum Gasteiger partial charge on any atom is -0.372 e. The van der Waals surface area contributed by atoms with E-state index in [0.29, 0.717) is 35.0 Å². The maximum atomic E-state index is 13.2. The number of rotatable bonds is 6. The highest BCUT2D eigenvalue weighted by molar-refractivity contribution is 7.99. The molecule has 2 atom stereocenters. The molecule has 6 nitrogen and oxygen atoms in total. The number of thiophene rings is 1. The number of aromatic nitrogens is 2. The van der Waals surface area contributed by atoms with Crippen LogP contribution in [0.3, 0.4) is 0 Å². The molecule has 1 aliphatic heterocycles. The summed E-state index contributed by atoms with van der Waals surface area (Å²) in [6.07, 6.45) is 1.72. The summed E-state index contributed by atoms with van der Waals surface area (Å²) in [5, 5.41) is 0.539. The van der Waals surface area contributed by atoms with E-state index in [4.69, 9.17) is 9.72 Å². The van der Waals surface area contributed by atoms with E-state index in [0.717, 1.165) is 10.4 Å². The van der Waals surface area contributed by atoms with E-state index >= 15 is 0 Å². The van der Waals surface area contributed by atoms with Gasteiger partial charge in [-0.05, 0) is 25.5 Å². The van der Waals surface area contributed by atoms with Crippen molar-refractivity contribution >= 4 is 39.2 Å². The van der Waals surface area contributed by atoms with E-state index < -0.39 is 0 Å². The van der Waals surface area contributed by atoms with Crippen molar-refractivity contribution in [1.29, 1.82) is 0 Å². The molecule has 1 amide bonds. The van der Waals surface area contributed by atoms with Crippen LogP contribution in [-0.4, -0.2) is 51.4 Å². The molecule has 0 spiro atoms. The number of hydrogen-bond donors (Lipinski definition) is 0. The molecule has 31 heavy (non-hydrogen) atoms. The van der Waals surface area contributed by atoms with Crippen molar-refractivity contribution in [3.63, 3.8) is 0 Å². The molecule has 0 radical (unpaired) electrons. The molecule has 1 fully saturated rings. The molecule has 0 N–H and O–H groups in total. The number of ether oxygens (including phenoxy) is 1. The molecule has 162 valence electrons. The minimum atomic E-state index is -0.0966. The lowest BCUT2D eigenvalue weighted by Crippen LogP contribution is -2.48. The second kappa shape index (κ2) is 9.38. The van der Waals surface area contributed by atoms with Gasteiger partial charge in [0.1, 0.15) is 4.70 Å². The van der Waals surface area contributed by atoms with Crippen LogP contribution >= 0.6 is 23.1 Å². The van der Waals surface area contributed by atoms with Gasteiger partial charge in [-0.3, -0.25) is 14.2 Å². The summed E-state index contributed by atoms with van der Waals surface area (Å²) >= 11 is 2.75. The Morgan fingerprint density at radius 1 is 1.29 bits per heavy atom. The topological polar surface area (TPSA) is 64.4 Å². The number of benzene rings is 1. The molecule has 0 aliphatic carbocycles. The van der Waals surface area contributed by atoms with Crippen molar-refractivity contribution in [2.24, 2.45) is 0 Å². The van der Waals surface area contributed by atoms with Gasteiger partial charge in [0.15, 0.2) is 5.16 Å². The first-order chi connectivity index (χ1) is 15.0. The molecular weight excluding hydrogens is 430 g/mol. The van der Waals surface area contributed by atoms with E-state index in [1.165, 1.54) is 23.1 Å². The lowest BCUT2D eigenvalue weighted by atomic mass is 10.2. The van der Waals surface area contributed by atoms with Crippen LogP contribution in [0.4, 0.5) is 0 Å². The average Bonchev–Trinajstić information content (AvgIpc) is 3.19. The monoisotopic (exact) mass is 455 g/mol. The largest absolute Gasteiger partial charge is 0.372 e. The maximum Gasteiger partial charge on any atom is 0.272 e. The molecule has 0 bridgehead atoms. The number of nitrogens with zero attached hydrogens (tertiary/aromatic N) is 3. The zero-order chi connectivity index (χ0) is 22.0. The van der Waals surface area contributed by atoms with Crippen LogP contribution in [0.2, 0.25) is 0 Å². The Hall–Kier alpha value is -2.42. The molecule has 1 aliphatic rings. The van der Waals surface area contributed by atoms with Crippen LogP contribution in [0, 0.1) is 0 Å². The lowest BCUT2D eigenvalue weighted by molar-refractivity contribution is -0.140. The van der Waals surface area contributed by atoms with Gasteiger partial charge < -0.3 is 9.64 Å². The Morgan fingerprint density at radius 2 is 2.00 bits per heavy atom. The van der Waals surface area contributed by atoms with Gasteiger partial charge in [-0.2, -0.15) is 0 Å². The van der Waals surface area contributed by atoms with Gasteiger partial charge in [0.05, 0.1) is 23.5 Å². The summed E-state index contributed by atoms with van der Waals surface area (Å²) in [6, 6.07) is 11.9. The van der Waals surface area contributed by atoms with Crippen LogP contribution in [0.1, 0.15) is 13.8 Å². The van der Waals surface area contributed by atoms with Crippen LogP contribution in [0.15, 0.2) is 59.0 Å². The van der Waals surface area contributed by atoms with Crippen molar-refractivity contribution in [2.75, 3.05) is 18.8 Å². The Balaban J connectivity index is 1.62. The first-order valence-corrected chi connectivity index (χ1v) is 12.0. The van der Waals surface area contributed by atoms with Gasteiger partial charge in [0, 0.05) is 24.5 Å². The number of allylic oxidation sites excluding steroid dienone is 1. The van der Waals surface area contributed by atoms with Gasteiger partial charge in [-0.25, -0.2) is 4.98 Å². The lowest BCUT2D eigenvalue weighted by Gasteiger charge is -2.35. The molecule has 1 aromatic carbocycles. The highest BCUT2D eigenvalue weighted by Crippen LogP contribution is 2.32. The quantitative estimate of drug-likeness (QED) is 0.319. The average molecular weight is 456 g/mol. The van der Waals surface area contributed by atoms with Crippen LogP contribution in [0.25, 0.3) is 20.7 Å². The first kappa shape index (κ1) is 21.8. The Labute approximate surface area is 189 Å². The molecule has 4 rings (SSSR count). The van der Waals surface area contributed by atoms with Gasteiger partial charge in [0.2, 0.25) is 5.91 Å². The highest BCUT2D eigenvalue weighted by Gasteiger charge is 2.26. The normalized spacial score (nSPS) is 19.0. The van der Waals surface area contributed by atoms with Crippen molar-refractivity contribution in [1.82, 2.24) is 14.5 Å². The van der Waals surface area contributed by atoms with Gasteiger partial charge >= 0.3 is 0 Å². The molecule has 2 aromatic heterocycles. The van der Waals surface area contributed by atoms with Crippen molar-refractivity contribution in [3.05, 3.63) is 59.4 Å². The third-order valence-electron chi connectivity index (χ3n) is 5.07. The fraction of sp³-hybridized carbons (Fsp3) is 0.348. The van der Waals surface area contributed by atoms with Crippen molar-refractivity contribution in [3.8, 4) is 10.4 Å². The molecule has 0 saturated carbocycles. The number of hydrogen-bond acceptors (Lipinski definition) is 6. The third-order valence-corrected chi connectivity index (χ3v) is 7.19. The van der Waals surface area contributed by atoms with Crippen molar-refractivity contribution in [2.45, 2.75) is 37.8 Å². The van der Waals surface area contributed by atoms with Gasteiger partial charge in [-0.1, -0.05) is 48.2 Å². The predicted molar refractivity (Wildman–Crippen MR) is 127 cm³/mol. The number of morpholine rings is 1. The molecule has 8 heteroatoms. The molecule has 3 heterocycles. The van der Waals surface area contributed by atoms with Crippen LogP contribution in [-0.2, 0) is 16.1 Å². The maximum absolute atomic E-state index is 13.2. The number of thioether (sulfide) groups is 1. The van der Waals surface area contributed by atoms with Crippen LogP contribution < -0.4 is 5.56 Å². The van der Waals surface area contributed by atoms with E-state index in [2.05, 4.69) is 6.58 Å². The van der Waals surface area contributed by atoms with E-state index in [9.17, 15) is 9.59 Å². The number of amides is 1. The fourth-order valence-corrected chi connectivity index (χ4v) is 5.70. The summed E-state index contributed by atoms with van der Waals surface area (Å²) in [5.41, 5.74) is 1.62. The number of fused-ring (bicyclic) bond motifs is 1. The zero-order valence-electron chi connectivity index (χ0n) is 17.6. The Kier molecular flexibility index (Phi) is 6.60. The summed E-state index contributed by atoms with van der Waals surface area (Å²) < 4.78 is 7.93. The summed E-state index contributed by atoms with van der Waals surface area (Å²) in [5.74, 6) is 0.256. The smallest absolute Gasteiger partial charge is 0.272 e. The van der Waals surface area contributed by atoms with E-state index in [1.54, 1.807) is 10.6 Å². The summed E-state index contributed by atoms with van der Waals surface area (Å²) in [7, 11) is 0. The standard InChI is InChI=1S/C23H25N3O3S2/c1-4-10-26-22(28)21-18(11-19(31-21)17-8-6-5-7-9-17)24-23(26)30-14-20(27)25-12-15(2)29-16(3)13-25/h4-9,11,15-16H,1,10,12-14H2,2-3H3. The van der Waals surface area contributed by atoms with Gasteiger partial charge in [-0.15, -0.1) is 17.9 Å². The number of carbonyl (C=O) groups excluding carboxylic acids is 1. The van der Waals surface area contributed by atoms with Gasteiger partial charge in [0.25, 0.3) is 5.56 Å². The third kappa shape index (κ3) is 4.76. The summed E-state index contributed by atoms with van der Waals surface area (Å²) in [4.78, 5) is 33.5. The van der Waals surface area contributed by atoms with E-state index in [1.807, 2.05) is 55.1 Å². The number of carbonyl (C=O) groups is 1. The van der Waals surface area contributed by atoms with Crippen LogP contribution in [0.5, 0.6) is 0 Å². The first-order valence-electron chi connectivity index (χ1n) is 10.2. The molecule has 2 unspecified atom stereocenters. The molecule has 1 saturated heterocycles. The highest BCUT2D eigenvalue weighted by atomic mass is 32.2. The summed E-state index contributed by atoms with van der Waals surface area (Å²) in [6.45, 7) is 9.24. The fourth-order valence-electron chi connectivity index (χ4n) is 3.73. The second-order valence-electron chi connectivity index (χ2n) is 7.63. The molecule has 3 aromatic rings.